The van der Waals surface area contributed by atoms with Gasteiger partial charge in [-0.15, -0.1) is 0 Å². The molecule has 0 N–H and O–H groups in total. The van der Waals surface area contributed by atoms with Gasteiger partial charge < -0.3 is 4.90 Å². The molecule has 1 rings (SSSR count). The van der Waals surface area contributed by atoms with Crippen molar-refractivity contribution < 1.29 is 4.79 Å². The van der Waals surface area contributed by atoms with Crippen molar-refractivity contribution in [2.24, 2.45) is 11.8 Å². The Balaban J connectivity index is 2.53. The van der Waals surface area contributed by atoms with Crippen molar-refractivity contribution in [3.63, 3.8) is 0 Å². The molecule has 0 aromatic rings. The Morgan fingerprint density at radius 3 is 2.36 bits per heavy atom. The first-order chi connectivity index (χ1) is 5.13. The molecule has 2 atom stereocenters. The van der Waals surface area contributed by atoms with Gasteiger partial charge in [0.15, 0.2) is 0 Å². The van der Waals surface area contributed by atoms with E-state index in [9.17, 15) is 4.79 Å². The maximum atomic E-state index is 11.5. The highest BCUT2D eigenvalue weighted by Crippen LogP contribution is 2.31. The van der Waals surface area contributed by atoms with E-state index in [2.05, 4.69) is 6.92 Å². The van der Waals surface area contributed by atoms with E-state index >= 15 is 0 Å². The summed E-state index contributed by atoms with van der Waals surface area (Å²) < 4.78 is 0. The quantitative estimate of drug-likeness (QED) is 0.562. The Bertz CT molecular complexity index is 154. The topological polar surface area (TPSA) is 20.3 Å². The lowest BCUT2D eigenvalue weighted by atomic mass is 9.97. The van der Waals surface area contributed by atoms with Gasteiger partial charge in [0.05, 0.1) is 0 Å². The lowest BCUT2D eigenvalue weighted by molar-refractivity contribution is -0.133. The van der Waals surface area contributed by atoms with Gasteiger partial charge in [0.2, 0.25) is 5.91 Å². The standard InChI is InChI=1S/C9H17NO/c1-7-5-4-6-8(7)9(11)10(2)3/h7-8H,4-6H2,1-3H3/t7-,8-/m1/s1. The van der Waals surface area contributed by atoms with Crippen molar-refractivity contribution in [1.29, 1.82) is 0 Å². The Morgan fingerprint density at radius 2 is 2.00 bits per heavy atom. The van der Waals surface area contributed by atoms with Crippen LogP contribution in [-0.4, -0.2) is 24.9 Å². The minimum atomic E-state index is 0.310. The zero-order valence-electron chi connectivity index (χ0n) is 7.63. The fourth-order valence-electron chi connectivity index (χ4n) is 1.84. The molecule has 0 aliphatic heterocycles. The minimum Gasteiger partial charge on any atom is -0.349 e. The van der Waals surface area contributed by atoms with Gasteiger partial charge in [-0.2, -0.15) is 0 Å². The Morgan fingerprint density at radius 1 is 1.36 bits per heavy atom. The molecule has 1 aliphatic rings. The molecular formula is C9H17NO. The van der Waals surface area contributed by atoms with Gasteiger partial charge >= 0.3 is 0 Å². The number of carbonyl (C=O) groups is 1. The summed E-state index contributed by atoms with van der Waals surface area (Å²) in [6.45, 7) is 2.18. The summed E-state index contributed by atoms with van der Waals surface area (Å²) in [6, 6.07) is 0. The molecule has 0 aromatic carbocycles. The van der Waals surface area contributed by atoms with E-state index in [1.54, 1.807) is 4.90 Å². The molecule has 1 aliphatic carbocycles. The van der Waals surface area contributed by atoms with Crippen LogP contribution in [0.25, 0.3) is 0 Å². The van der Waals surface area contributed by atoms with Gasteiger partial charge in [-0.05, 0) is 18.8 Å². The van der Waals surface area contributed by atoms with Gasteiger partial charge in [0.1, 0.15) is 0 Å². The number of carbonyl (C=O) groups excluding carboxylic acids is 1. The van der Waals surface area contributed by atoms with E-state index in [-0.39, 0.29) is 0 Å². The molecule has 0 radical (unpaired) electrons. The third-order valence-electron chi connectivity index (χ3n) is 2.62. The second kappa shape index (κ2) is 3.24. The molecule has 0 unspecified atom stereocenters. The molecule has 2 nitrogen and oxygen atoms in total. The van der Waals surface area contributed by atoms with E-state index in [0.29, 0.717) is 17.7 Å². The summed E-state index contributed by atoms with van der Waals surface area (Å²) in [5.41, 5.74) is 0. The maximum Gasteiger partial charge on any atom is 0.225 e. The molecule has 64 valence electrons. The number of hydrogen-bond donors (Lipinski definition) is 0. The van der Waals surface area contributed by atoms with Crippen molar-refractivity contribution in [1.82, 2.24) is 4.90 Å². The van der Waals surface area contributed by atoms with Crippen LogP contribution in [0.1, 0.15) is 26.2 Å². The number of rotatable bonds is 1. The first-order valence-electron chi connectivity index (χ1n) is 4.34. The summed E-state index contributed by atoms with van der Waals surface area (Å²) >= 11 is 0. The van der Waals surface area contributed by atoms with Crippen molar-refractivity contribution >= 4 is 5.91 Å². The monoisotopic (exact) mass is 155 g/mol. The van der Waals surface area contributed by atoms with Crippen LogP contribution in [0.3, 0.4) is 0 Å². The van der Waals surface area contributed by atoms with Crippen LogP contribution in [0.4, 0.5) is 0 Å². The maximum absolute atomic E-state index is 11.5. The number of amides is 1. The highest BCUT2D eigenvalue weighted by Gasteiger charge is 2.30. The highest BCUT2D eigenvalue weighted by atomic mass is 16.2. The molecule has 0 aromatic heterocycles. The number of hydrogen-bond acceptors (Lipinski definition) is 1. The molecule has 1 saturated carbocycles. The molecule has 0 spiro atoms. The summed E-state index contributed by atoms with van der Waals surface area (Å²) in [5.74, 6) is 1.23. The van der Waals surface area contributed by atoms with E-state index in [4.69, 9.17) is 0 Å². The molecule has 0 saturated heterocycles. The Labute approximate surface area is 68.6 Å². The second-order valence-corrected chi connectivity index (χ2v) is 3.75. The molecular weight excluding hydrogens is 138 g/mol. The van der Waals surface area contributed by atoms with E-state index in [0.717, 1.165) is 6.42 Å². The van der Waals surface area contributed by atoms with Crippen molar-refractivity contribution in [2.75, 3.05) is 14.1 Å². The Kier molecular flexibility index (Phi) is 2.53. The van der Waals surface area contributed by atoms with E-state index in [1.807, 2.05) is 14.1 Å². The van der Waals surface area contributed by atoms with Crippen LogP contribution < -0.4 is 0 Å². The first kappa shape index (κ1) is 8.57. The van der Waals surface area contributed by atoms with Crippen molar-refractivity contribution in [3.05, 3.63) is 0 Å². The van der Waals surface area contributed by atoms with E-state index in [1.165, 1.54) is 12.8 Å². The van der Waals surface area contributed by atoms with Gasteiger partial charge in [-0.25, -0.2) is 0 Å². The van der Waals surface area contributed by atoms with Crippen LogP contribution in [0.15, 0.2) is 0 Å². The van der Waals surface area contributed by atoms with Crippen LogP contribution in [0, 0.1) is 11.8 Å². The molecule has 1 amide bonds. The molecule has 0 bridgehead atoms. The van der Waals surface area contributed by atoms with Crippen molar-refractivity contribution in [2.45, 2.75) is 26.2 Å². The van der Waals surface area contributed by atoms with Crippen LogP contribution in [0.5, 0.6) is 0 Å². The molecule has 1 fully saturated rings. The SMILES string of the molecule is C[C@@H]1CCC[C@H]1C(=O)N(C)C. The summed E-state index contributed by atoms with van der Waals surface area (Å²) in [6.07, 6.45) is 3.55. The van der Waals surface area contributed by atoms with Gasteiger partial charge in [-0.3, -0.25) is 4.79 Å². The van der Waals surface area contributed by atoms with Gasteiger partial charge in [-0.1, -0.05) is 13.3 Å². The highest BCUT2D eigenvalue weighted by molar-refractivity contribution is 5.78. The largest absolute Gasteiger partial charge is 0.349 e. The fourth-order valence-corrected chi connectivity index (χ4v) is 1.84. The second-order valence-electron chi connectivity index (χ2n) is 3.75. The lowest BCUT2D eigenvalue weighted by Crippen LogP contribution is -2.30. The summed E-state index contributed by atoms with van der Waals surface area (Å²) in [5, 5.41) is 0. The predicted molar refractivity (Wildman–Crippen MR) is 45.2 cm³/mol. The van der Waals surface area contributed by atoms with Crippen molar-refractivity contribution in [3.8, 4) is 0 Å². The minimum absolute atomic E-state index is 0.310. The van der Waals surface area contributed by atoms with Crippen LogP contribution >= 0.6 is 0 Å². The van der Waals surface area contributed by atoms with E-state index < -0.39 is 0 Å². The molecule has 2 heteroatoms. The predicted octanol–water partition coefficient (Wildman–Crippen LogP) is 1.51. The summed E-state index contributed by atoms with van der Waals surface area (Å²) in [7, 11) is 3.68. The summed E-state index contributed by atoms with van der Waals surface area (Å²) in [4.78, 5) is 13.2. The third-order valence-corrected chi connectivity index (χ3v) is 2.62. The average Bonchev–Trinajstić information content (AvgIpc) is 2.33. The zero-order chi connectivity index (χ0) is 8.43. The normalized spacial score (nSPS) is 30.5. The van der Waals surface area contributed by atoms with Crippen LogP contribution in [-0.2, 0) is 4.79 Å². The molecule has 0 heterocycles. The van der Waals surface area contributed by atoms with Gasteiger partial charge in [0.25, 0.3) is 0 Å². The van der Waals surface area contributed by atoms with Gasteiger partial charge in [0, 0.05) is 20.0 Å². The number of nitrogens with zero attached hydrogens (tertiary/aromatic N) is 1. The molecule has 11 heavy (non-hydrogen) atoms. The lowest BCUT2D eigenvalue weighted by Gasteiger charge is -2.19. The third kappa shape index (κ3) is 1.73. The fraction of sp³-hybridized carbons (Fsp3) is 0.889. The Hall–Kier alpha value is -0.530. The van der Waals surface area contributed by atoms with Crippen LogP contribution in [0.2, 0.25) is 0 Å². The first-order valence-corrected chi connectivity index (χ1v) is 4.34. The average molecular weight is 155 g/mol. The smallest absolute Gasteiger partial charge is 0.225 e. The zero-order valence-corrected chi connectivity index (χ0v) is 7.63.